The van der Waals surface area contributed by atoms with Crippen molar-refractivity contribution in [3.05, 3.63) is 75.3 Å². The Kier molecular flexibility index (Phi) is 5.77. The summed E-state index contributed by atoms with van der Waals surface area (Å²) in [6.45, 7) is 4.05. The van der Waals surface area contributed by atoms with E-state index in [0.717, 1.165) is 32.3 Å². The molecule has 1 N–H and O–H groups in total. The third-order valence-electron chi connectivity index (χ3n) is 3.89. The molecule has 1 heterocycles. The van der Waals surface area contributed by atoms with E-state index >= 15 is 0 Å². The van der Waals surface area contributed by atoms with Gasteiger partial charge in [0, 0.05) is 17.0 Å². The number of aryl methyl sites for hydroxylation is 2. The number of hydrogen-bond donors (Lipinski definition) is 1. The largest absolute Gasteiger partial charge is 0.241 e. The molecule has 0 unspecified atom stereocenters. The van der Waals surface area contributed by atoms with Crippen molar-refractivity contribution in [3.8, 4) is 10.6 Å². The minimum Gasteiger partial charge on any atom is -0.241 e. The quantitative estimate of drug-likeness (QED) is 0.645. The monoisotopic (exact) mass is 406 g/mol. The molecule has 0 amide bonds. The summed E-state index contributed by atoms with van der Waals surface area (Å²) in [4.78, 5) is 5.42. The van der Waals surface area contributed by atoms with Crippen LogP contribution in [0.15, 0.2) is 48.5 Å². The fourth-order valence-corrected chi connectivity index (χ4v) is 5.09. The molecule has 26 heavy (non-hydrogen) atoms. The third-order valence-corrected chi connectivity index (χ3v) is 6.71. The van der Waals surface area contributed by atoms with E-state index in [2.05, 4.69) is 9.71 Å². The Hall–Kier alpha value is -1.73. The average molecular weight is 407 g/mol. The second-order valence-corrected chi connectivity index (χ2v) is 9.37. The van der Waals surface area contributed by atoms with Crippen LogP contribution in [0.2, 0.25) is 5.02 Å². The number of nitrogens with zero attached hydrogens (tertiary/aromatic N) is 1. The van der Waals surface area contributed by atoms with Gasteiger partial charge in [-0.05, 0) is 25.5 Å². The molecule has 0 bridgehead atoms. The Morgan fingerprint density at radius 1 is 1.12 bits per heavy atom. The van der Waals surface area contributed by atoms with Crippen molar-refractivity contribution in [2.24, 2.45) is 0 Å². The molecular formula is C19H19ClN2O2S2. The summed E-state index contributed by atoms with van der Waals surface area (Å²) in [6, 6.07) is 15.0. The maximum absolute atomic E-state index is 12.4. The zero-order valence-electron chi connectivity index (χ0n) is 14.5. The number of hydrogen-bond acceptors (Lipinski definition) is 4. The van der Waals surface area contributed by atoms with Crippen molar-refractivity contribution in [3.63, 3.8) is 0 Å². The minimum atomic E-state index is -3.43. The molecule has 0 atom stereocenters. The molecule has 0 aliphatic heterocycles. The fourth-order valence-electron chi connectivity index (χ4n) is 2.59. The van der Waals surface area contributed by atoms with E-state index in [1.165, 1.54) is 11.3 Å². The van der Waals surface area contributed by atoms with Crippen LogP contribution in [0.25, 0.3) is 10.6 Å². The van der Waals surface area contributed by atoms with Crippen LogP contribution in [0.3, 0.4) is 0 Å². The first-order valence-corrected chi connectivity index (χ1v) is 10.9. The summed E-state index contributed by atoms with van der Waals surface area (Å²) in [5.74, 6) is -0.0378. The van der Waals surface area contributed by atoms with Crippen molar-refractivity contribution in [2.45, 2.75) is 26.1 Å². The lowest BCUT2D eigenvalue weighted by Crippen LogP contribution is -2.24. The predicted molar refractivity (Wildman–Crippen MR) is 108 cm³/mol. The molecule has 3 aromatic rings. The van der Waals surface area contributed by atoms with E-state index in [1.807, 2.05) is 62.4 Å². The van der Waals surface area contributed by atoms with Crippen LogP contribution in [0.4, 0.5) is 0 Å². The van der Waals surface area contributed by atoms with Gasteiger partial charge in [-0.1, -0.05) is 59.6 Å². The number of rotatable bonds is 6. The highest BCUT2D eigenvalue weighted by atomic mass is 35.5. The van der Waals surface area contributed by atoms with Gasteiger partial charge in [-0.25, -0.2) is 18.1 Å². The number of aromatic nitrogens is 1. The number of benzene rings is 2. The minimum absolute atomic E-state index is 0.0378. The number of thiazole rings is 1. The van der Waals surface area contributed by atoms with Gasteiger partial charge in [0.05, 0.1) is 16.5 Å². The maximum atomic E-state index is 12.4. The summed E-state index contributed by atoms with van der Waals surface area (Å²) in [5.41, 5.74) is 3.48. The lowest BCUT2D eigenvalue weighted by atomic mass is 10.2. The lowest BCUT2D eigenvalue weighted by Gasteiger charge is -2.07. The molecule has 0 saturated carbocycles. The molecule has 7 heteroatoms. The number of sulfonamides is 1. The molecule has 136 valence electrons. The van der Waals surface area contributed by atoms with Gasteiger partial charge in [-0.2, -0.15) is 0 Å². The summed E-state index contributed by atoms with van der Waals surface area (Å²) in [6.07, 6.45) is 0. The van der Waals surface area contributed by atoms with Crippen LogP contribution in [-0.4, -0.2) is 13.4 Å². The molecule has 0 aliphatic carbocycles. The first kappa shape index (κ1) is 19.0. The highest BCUT2D eigenvalue weighted by Crippen LogP contribution is 2.32. The second kappa shape index (κ2) is 7.88. The lowest BCUT2D eigenvalue weighted by molar-refractivity contribution is 0.581. The van der Waals surface area contributed by atoms with Crippen LogP contribution >= 0.6 is 22.9 Å². The van der Waals surface area contributed by atoms with E-state index in [0.29, 0.717) is 5.02 Å². The number of nitrogens with one attached hydrogen (secondary N) is 1. The average Bonchev–Trinajstić information content (AvgIpc) is 2.94. The van der Waals surface area contributed by atoms with Gasteiger partial charge < -0.3 is 0 Å². The van der Waals surface area contributed by atoms with Gasteiger partial charge in [-0.3, -0.25) is 0 Å². The Morgan fingerprint density at radius 2 is 1.88 bits per heavy atom. The van der Waals surface area contributed by atoms with Crippen molar-refractivity contribution >= 4 is 33.0 Å². The molecule has 2 aromatic carbocycles. The van der Waals surface area contributed by atoms with Crippen molar-refractivity contribution in [2.75, 3.05) is 0 Å². The SMILES string of the molecule is Cc1cccc(CS(=O)(=O)NCc2sc(-c3ccccc3Cl)nc2C)c1. The first-order valence-electron chi connectivity index (χ1n) is 8.08. The standard InChI is InChI=1S/C19H19ClN2O2S2/c1-13-6-5-7-15(10-13)12-26(23,24)21-11-18-14(2)22-19(25-18)16-8-3-4-9-17(16)20/h3-10,21H,11-12H2,1-2H3. The summed E-state index contributed by atoms with van der Waals surface area (Å²) < 4.78 is 27.4. The van der Waals surface area contributed by atoms with Gasteiger partial charge in [0.15, 0.2) is 0 Å². The Labute approximate surface area is 162 Å². The molecule has 0 spiro atoms. The molecule has 0 saturated heterocycles. The summed E-state index contributed by atoms with van der Waals surface area (Å²) in [7, 11) is -3.43. The Balaban J connectivity index is 1.72. The van der Waals surface area contributed by atoms with Gasteiger partial charge in [-0.15, -0.1) is 11.3 Å². The Morgan fingerprint density at radius 3 is 2.62 bits per heavy atom. The summed E-state index contributed by atoms with van der Waals surface area (Å²) >= 11 is 7.68. The maximum Gasteiger partial charge on any atom is 0.216 e. The Bertz CT molecular complexity index is 1030. The topological polar surface area (TPSA) is 59.1 Å². The van der Waals surface area contributed by atoms with Crippen molar-refractivity contribution in [1.29, 1.82) is 0 Å². The van der Waals surface area contributed by atoms with Crippen LogP contribution in [0, 0.1) is 13.8 Å². The molecule has 0 radical (unpaired) electrons. The van der Waals surface area contributed by atoms with Crippen LogP contribution < -0.4 is 4.72 Å². The molecule has 0 aliphatic rings. The molecule has 0 fully saturated rings. The van der Waals surface area contributed by atoms with Crippen LogP contribution in [0.5, 0.6) is 0 Å². The normalized spacial score (nSPS) is 11.7. The predicted octanol–water partition coefficient (Wildman–Crippen LogP) is 4.70. The smallest absolute Gasteiger partial charge is 0.216 e. The second-order valence-electron chi connectivity index (χ2n) is 6.08. The zero-order valence-corrected chi connectivity index (χ0v) is 16.9. The molecule has 4 nitrogen and oxygen atoms in total. The molecular weight excluding hydrogens is 388 g/mol. The first-order chi connectivity index (χ1) is 12.3. The highest BCUT2D eigenvalue weighted by molar-refractivity contribution is 7.88. The van der Waals surface area contributed by atoms with E-state index in [4.69, 9.17) is 11.6 Å². The van der Waals surface area contributed by atoms with Crippen molar-refractivity contribution in [1.82, 2.24) is 9.71 Å². The van der Waals surface area contributed by atoms with E-state index in [-0.39, 0.29) is 12.3 Å². The molecule has 1 aromatic heterocycles. The van der Waals surface area contributed by atoms with E-state index < -0.39 is 10.0 Å². The van der Waals surface area contributed by atoms with Crippen LogP contribution in [-0.2, 0) is 22.3 Å². The van der Waals surface area contributed by atoms with Gasteiger partial charge in [0.25, 0.3) is 0 Å². The third kappa shape index (κ3) is 4.71. The highest BCUT2D eigenvalue weighted by Gasteiger charge is 2.16. The van der Waals surface area contributed by atoms with Gasteiger partial charge >= 0.3 is 0 Å². The van der Waals surface area contributed by atoms with Gasteiger partial charge in [0.2, 0.25) is 10.0 Å². The molecule has 3 rings (SSSR count). The van der Waals surface area contributed by atoms with Crippen molar-refractivity contribution < 1.29 is 8.42 Å². The van der Waals surface area contributed by atoms with Crippen LogP contribution in [0.1, 0.15) is 21.7 Å². The number of halogens is 1. The fraction of sp³-hybridized carbons (Fsp3) is 0.211. The van der Waals surface area contributed by atoms with E-state index in [1.54, 1.807) is 0 Å². The summed E-state index contributed by atoms with van der Waals surface area (Å²) in [5, 5.41) is 1.42. The van der Waals surface area contributed by atoms with Gasteiger partial charge in [0.1, 0.15) is 5.01 Å². The zero-order chi connectivity index (χ0) is 18.7. The van der Waals surface area contributed by atoms with E-state index in [9.17, 15) is 8.42 Å².